The summed E-state index contributed by atoms with van der Waals surface area (Å²) in [4.78, 5) is 28.0. The minimum Gasteiger partial charge on any atom is -0.357 e. The number of amides is 2. The van der Waals surface area contributed by atoms with Gasteiger partial charge in [-0.15, -0.1) is 0 Å². The van der Waals surface area contributed by atoms with Crippen LogP contribution in [0.4, 0.5) is 0 Å². The van der Waals surface area contributed by atoms with Crippen LogP contribution in [-0.2, 0) is 9.53 Å². The normalized spacial score (nSPS) is 18.8. The van der Waals surface area contributed by atoms with Crippen LogP contribution in [0.5, 0.6) is 0 Å². The van der Waals surface area contributed by atoms with Gasteiger partial charge in [-0.1, -0.05) is 29.3 Å². The fourth-order valence-electron chi connectivity index (χ4n) is 3.86. The predicted molar refractivity (Wildman–Crippen MR) is 117 cm³/mol. The van der Waals surface area contributed by atoms with E-state index < -0.39 is 5.91 Å². The van der Waals surface area contributed by atoms with Gasteiger partial charge in [0.25, 0.3) is 5.91 Å². The summed E-state index contributed by atoms with van der Waals surface area (Å²) in [6.07, 6.45) is 8.13. The van der Waals surface area contributed by atoms with Gasteiger partial charge in [0.05, 0.1) is 21.8 Å². The summed E-state index contributed by atoms with van der Waals surface area (Å²) in [6, 6.07) is 3.50. The Morgan fingerprint density at radius 2 is 2.00 bits per heavy atom. The molecule has 0 radical (unpaired) electrons. The molecule has 3 aromatic rings. The first-order valence-electron chi connectivity index (χ1n) is 10.3. The Kier molecular flexibility index (Phi) is 5.37. The Morgan fingerprint density at radius 1 is 1.16 bits per heavy atom. The third-order valence-electron chi connectivity index (χ3n) is 5.68. The first-order valence-corrected chi connectivity index (χ1v) is 11.0. The average molecular weight is 462 g/mol. The lowest BCUT2D eigenvalue weighted by atomic mass is 10.0. The van der Waals surface area contributed by atoms with E-state index in [1.807, 2.05) is 12.3 Å². The van der Waals surface area contributed by atoms with Gasteiger partial charge >= 0.3 is 0 Å². The van der Waals surface area contributed by atoms with Crippen molar-refractivity contribution in [3.8, 4) is 11.1 Å². The molecular weight excluding hydrogens is 441 g/mol. The lowest BCUT2D eigenvalue weighted by Crippen LogP contribution is -2.42. The standard InChI is InChI=1S/C21H21Cl2N5O3/c22-14-7-6-13-16(12-9-24-28(10-12)15-3-1-2-8-31-15)19(25-18(13)17(14)23)21(30)27-26-20(29)11-4-5-11/h6-7,9-11,15,25H,1-5,8H2,(H,26,29)(H,27,30). The number of nitrogens with zero attached hydrogens (tertiary/aromatic N) is 2. The van der Waals surface area contributed by atoms with Crippen LogP contribution in [-0.4, -0.2) is 33.2 Å². The molecule has 3 heterocycles. The molecule has 31 heavy (non-hydrogen) atoms. The van der Waals surface area contributed by atoms with Crippen molar-refractivity contribution in [2.45, 2.75) is 38.3 Å². The fourth-order valence-corrected chi connectivity index (χ4v) is 4.23. The van der Waals surface area contributed by atoms with Gasteiger partial charge in [0.15, 0.2) is 0 Å². The monoisotopic (exact) mass is 461 g/mol. The number of nitrogens with one attached hydrogen (secondary N) is 3. The number of aromatic amines is 1. The van der Waals surface area contributed by atoms with Crippen LogP contribution in [0.15, 0.2) is 24.5 Å². The zero-order chi connectivity index (χ0) is 21.5. The second-order valence-electron chi connectivity index (χ2n) is 7.91. The Balaban J connectivity index is 1.53. The second-order valence-corrected chi connectivity index (χ2v) is 8.69. The van der Waals surface area contributed by atoms with Crippen molar-refractivity contribution >= 4 is 45.9 Å². The van der Waals surface area contributed by atoms with Crippen LogP contribution in [0.25, 0.3) is 22.0 Å². The van der Waals surface area contributed by atoms with Crippen LogP contribution in [0, 0.1) is 5.92 Å². The number of hydrazine groups is 1. The number of fused-ring (bicyclic) bond motifs is 1. The molecule has 2 aromatic heterocycles. The summed E-state index contributed by atoms with van der Waals surface area (Å²) in [6.45, 7) is 0.704. The molecule has 8 nitrogen and oxygen atoms in total. The van der Waals surface area contributed by atoms with E-state index in [0.717, 1.165) is 43.1 Å². The van der Waals surface area contributed by atoms with E-state index in [2.05, 4.69) is 20.9 Å². The molecule has 10 heteroatoms. The van der Waals surface area contributed by atoms with Crippen molar-refractivity contribution in [2.24, 2.45) is 5.92 Å². The van der Waals surface area contributed by atoms with E-state index in [-0.39, 0.29) is 23.7 Å². The maximum absolute atomic E-state index is 13.0. The third kappa shape index (κ3) is 3.91. The highest BCUT2D eigenvalue weighted by Gasteiger charge is 2.30. The number of benzene rings is 1. The molecule has 1 saturated carbocycles. The predicted octanol–water partition coefficient (Wildman–Crippen LogP) is 4.21. The molecule has 2 aliphatic rings. The number of aromatic nitrogens is 3. The number of rotatable bonds is 4. The summed E-state index contributed by atoms with van der Waals surface area (Å²) in [7, 11) is 0. The van der Waals surface area contributed by atoms with Gasteiger partial charge in [-0.05, 0) is 38.2 Å². The minimum atomic E-state index is -0.478. The molecular formula is C21H21Cl2N5O3. The Hall–Kier alpha value is -2.55. The molecule has 162 valence electrons. The highest BCUT2D eigenvalue weighted by Crippen LogP contribution is 2.39. The van der Waals surface area contributed by atoms with Gasteiger partial charge in [-0.25, -0.2) is 4.68 Å². The third-order valence-corrected chi connectivity index (χ3v) is 6.48. The lowest BCUT2D eigenvalue weighted by Gasteiger charge is -2.22. The number of halogens is 2. The van der Waals surface area contributed by atoms with Gasteiger partial charge in [-0.2, -0.15) is 5.10 Å². The van der Waals surface area contributed by atoms with E-state index in [4.69, 9.17) is 27.9 Å². The maximum Gasteiger partial charge on any atom is 0.286 e. The molecule has 1 unspecified atom stereocenters. The molecule has 2 amide bonds. The Morgan fingerprint density at radius 3 is 2.74 bits per heavy atom. The molecule has 1 aliphatic carbocycles. The van der Waals surface area contributed by atoms with Crippen molar-refractivity contribution in [1.29, 1.82) is 0 Å². The number of hydrogen-bond donors (Lipinski definition) is 3. The minimum absolute atomic E-state index is 0.0236. The van der Waals surface area contributed by atoms with Crippen LogP contribution in [0.2, 0.25) is 10.0 Å². The van der Waals surface area contributed by atoms with E-state index >= 15 is 0 Å². The average Bonchev–Trinajstić information content (AvgIpc) is 3.40. The largest absolute Gasteiger partial charge is 0.357 e. The molecule has 1 saturated heterocycles. The highest BCUT2D eigenvalue weighted by molar-refractivity contribution is 6.45. The van der Waals surface area contributed by atoms with Crippen LogP contribution in [0.3, 0.4) is 0 Å². The van der Waals surface area contributed by atoms with Crippen molar-refractivity contribution in [3.63, 3.8) is 0 Å². The summed E-state index contributed by atoms with van der Waals surface area (Å²) < 4.78 is 7.59. The van der Waals surface area contributed by atoms with Crippen molar-refractivity contribution in [1.82, 2.24) is 25.6 Å². The molecule has 1 aromatic carbocycles. The van der Waals surface area contributed by atoms with E-state index in [1.165, 1.54) is 0 Å². The SMILES string of the molecule is O=C(NNC(=O)C1CC1)c1[nH]c2c(Cl)c(Cl)ccc2c1-c1cnn(C2CCCCO2)c1. The van der Waals surface area contributed by atoms with Gasteiger partial charge in [0, 0.05) is 35.2 Å². The van der Waals surface area contributed by atoms with Gasteiger partial charge in [0.1, 0.15) is 11.9 Å². The highest BCUT2D eigenvalue weighted by atomic mass is 35.5. The summed E-state index contributed by atoms with van der Waals surface area (Å²) in [5.41, 5.74) is 7.16. The number of ether oxygens (including phenoxy) is 1. The van der Waals surface area contributed by atoms with Crippen LogP contribution < -0.4 is 10.9 Å². The number of carbonyl (C=O) groups excluding carboxylic acids is 2. The first kappa shape index (κ1) is 20.4. The lowest BCUT2D eigenvalue weighted by molar-refractivity contribution is -0.123. The number of hydrogen-bond acceptors (Lipinski definition) is 4. The molecule has 3 N–H and O–H groups in total. The molecule has 2 fully saturated rings. The van der Waals surface area contributed by atoms with E-state index in [1.54, 1.807) is 16.9 Å². The first-order chi connectivity index (χ1) is 15.0. The van der Waals surface area contributed by atoms with Gasteiger partial charge in [-0.3, -0.25) is 20.4 Å². The molecule has 0 spiro atoms. The number of carbonyl (C=O) groups is 2. The van der Waals surface area contributed by atoms with Crippen molar-refractivity contribution in [3.05, 3.63) is 40.3 Å². The summed E-state index contributed by atoms with van der Waals surface area (Å²) in [5, 5.41) is 5.90. The zero-order valence-corrected chi connectivity index (χ0v) is 18.1. The Bertz CT molecular complexity index is 1160. The number of H-pyrrole nitrogens is 1. The van der Waals surface area contributed by atoms with Crippen LogP contribution in [0.1, 0.15) is 48.8 Å². The van der Waals surface area contributed by atoms with Gasteiger partial charge in [0.2, 0.25) is 5.91 Å². The summed E-state index contributed by atoms with van der Waals surface area (Å²) >= 11 is 12.6. The second kappa shape index (κ2) is 8.18. The quantitative estimate of drug-likeness (QED) is 0.506. The Labute approximate surface area is 188 Å². The van der Waals surface area contributed by atoms with Crippen LogP contribution >= 0.6 is 23.2 Å². The fraction of sp³-hybridized carbons (Fsp3) is 0.381. The van der Waals surface area contributed by atoms with Crippen molar-refractivity contribution < 1.29 is 14.3 Å². The van der Waals surface area contributed by atoms with Crippen molar-refractivity contribution in [2.75, 3.05) is 6.61 Å². The topological polar surface area (TPSA) is 101 Å². The molecule has 1 atom stereocenters. The summed E-state index contributed by atoms with van der Waals surface area (Å²) in [5.74, 6) is -0.687. The van der Waals surface area contributed by atoms with Gasteiger partial charge < -0.3 is 9.72 Å². The smallest absolute Gasteiger partial charge is 0.286 e. The molecule has 1 aliphatic heterocycles. The van der Waals surface area contributed by atoms with E-state index in [0.29, 0.717) is 27.7 Å². The zero-order valence-electron chi connectivity index (χ0n) is 16.6. The van der Waals surface area contributed by atoms with E-state index in [9.17, 15) is 9.59 Å². The maximum atomic E-state index is 13.0. The molecule has 0 bridgehead atoms. The molecule has 5 rings (SSSR count).